The second-order valence-corrected chi connectivity index (χ2v) is 4.77. The Hall–Kier alpha value is -2.10. The van der Waals surface area contributed by atoms with Crippen molar-refractivity contribution >= 4 is 5.97 Å². The van der Waals surface area contributed by atoms with Crippen molar-refractivity contribution in [3.63, 3.8) is 0 Å². The van der Waals surface area contributed by atoms with Crippen LogP contribution in [0.1, 0.15) is 37.7 Å². The molecule has 1 unspecified atom stereocenters. The van der Waals surface area contributed by atoms with Gasteiger partial charge in [0, 0.05) is 24.9 Å². The third kappa shape index (κ3) is 3.70. The third-order valence-electron chi connectivity index (χ3n) is 3.20. The molecule has 4 heteroatoms. The van der Waals surface area contributed by atoms with E-state index in [2.05, 4.69) is 17.1 Å². The van der Waals surface area contributed by atoms with Gasteiger partial charge in [-0.25, -0.2) is 4.98 Å². The zero-order chi connectivity index (χ0) is 14.4. The van der Waals surface area contributed by atoms with E-state index in [4.69, 9.17) is 4.74 Å². The van der Waals surface area contributed by atoms with Crippen molar-refractivity contribution in [2.24, 2.45) is 0 Å². The van der Waals surface area contributed by atoms with E-state index in [0.717, 1.165) is 12.2 Å². The summed E-state index contributed by atoms with van der Waals surface area (Å²) >= 11 is 0. The standard InChI is InChI=1S/C16H20N2O2/c1-3-20-16(19)11-13(2)18-10-9-17-15(18)12-14-7-5-4-6-8-14/h4-10,13H,3,11-12H2,1-2H3. The molecule has 0 aliphatic carbocycles. The first-order valence-electron chi connectivity index (χ1n) is 6.92. The van der Waals surface area contributed by atoms with Crippen molar-refractivity contribution in [3.05, 3.63) is 54.1 Å². The van der Waals surface area contributed by atoms with Gasteiger partial charge in [-0.2, -0.15) is 0 Å². The minimum absolute atomic E-state index is 0.0512. The topological polar surface area (TPSA) is 44.1 Å². The van der Waals surface area contributed by atoms with Crippen molar-refractivity contribution < 1.29 is 9.53 Å². The number of nitrogens with zero attached hydrogens (tertiary/aromatic N) is 2. The number of esters is 1. The van der Waals surface area contributed by atoms with Gasteiger partial charge in [0.1, 0.15) is 5.82 Å². The molecule has 2 aromatic rings. The van der Waals surface area contributed by atoms with Gasteiger partial charge in [-0.3, -0.25) is 4.79 Å². The molecule has 0 radical (unpaired) electrons. The van der Waals surface area contributed by atoms with E-state index < -0.39 is 0 Å². The molecule has 1 aromatic carbocycles. The second-order valence-electron chi connectivity index (χ2n) is 4.77. The summed E-state index contributed by atoms with van der Waals surface area (Å²) in [5, 5.41) is 0. The monoisotopic (exact) mass is 272 g/mol. The number of carbonyl (C=O) groups is 1. The summed E-state index contributed by atoms with van der Waals surface area (Å²) in [6.07, 6.45) is 4.83. The fraction of sp³-hybridized carbons (Fsp3) is 0.375. The lowest BCUT2D eigenvalue weighted by Gasteiger charge is -2.15. The van der Waals surface area contributed by atoms with E-state index in [0.29, 0.717) is 13.0 Å². The van der Waals surface area contributed by atoms with Crippen LogP contribution in [0.2, 0.25) is 0 Å². The van der Waals surface area contributed by atoms with E-state index in [1.54, 1.807) is 6.20 Å². The van der Waals surface area contributed by atoms with Crippen LogP contribution < -0.4 is 0 Å². The smallest absolute Gasteiger partial charge is 0.307 e. The molecule has 0 aliphatic heterocycles. The van der Waals surface area contributed by atoms with Crippen LogP contribution in [0.15, 0.2) is 42.7 Å². The Morgan fingerprint density at radius 3 is 2.80 bits per heavy atom. The molecule has 0 aliphatic rings. The highest BCUT2D eigenvalue weighted by Crippen LogP contribution is 2.16. The van der Waals surface area contributed by atoms with Gasteiger partial charge in [-0.15, -0.1) is 0 Å². The molecule has 1 atom stereocenters. The summed E-state index contributed by atoms with van der Waals surface area (Å²) < 4.78 is 7.04. The zero-order valence-corrected chi connectivity index (χ0v) is 12.0. The van der Waals surface area contributed by atoms with Crippen LogP contribution in [0.4, 0.5) is 0 Å². The first kappa shape index (κ1) is 14.3. The highest BCUT2D eigenvalue weighted by atomic mass is 16.5. The number of benzene rings is 1. The number of hydrogen-bond donors (Lipinski definition) is 0. The van der Waals surface area contributed by atoms with Crippen LogP contribution in [0.25, 0.3) is 0 Å². The molecule has 1 heterocycles. The number of aromatic nitrogens is 2. The Kier molecular flexibility index (Phi) is 4.93. The van der Waals surface area contributed by atoms with Gasteiger partial charge in [0.15, 0.2) is 0 Å². The van der Waals surface area contributed by atoms with Gasteiger partial charge >= 0.3 is 5.97 Å². The second kappa shape index (κ2) is 6.89. The van der Waals surface area contributed by atoms with Crippen LogP contribution >= 0.6 is 0 Å². The Labute approximate surface area is 119 Å². The van der Waals surface area contributed by atoms with Gasteiger partial charge in [0.2, 0.25) is 0 Å². The van der Waals surface area contributed by atoms with Crippen LogP contribution in [0, 0.1) is 0 Å². The first-order valence-corrected chi connectivity index (χ1v) is 6.92. The highest BCUT2D eigenvalue weighted by Gasteiger charge is 2.14. The molecule has 0 spiro atoms. The summed E-state index contributed by atoms with van der Waals surface area (Å²) in [6, 6.07) is 10.2. The Balaban J connectivity index is 2.06. The maximum absolute atomic E-state index is 11.6. The first-order chi connectivity index (χ1) is 9.70. The largest absolute Gasteiger partial charge is 0.466 e. The van der Waals surface area contributed by atoms with Crippen LogP contribution in [0.5, 0.6) is 0 Å². The van der Waals surface area contributed by atoms with Crippen molar-refractivity contribution in [2.75, 3.05) is 6.61 Å². The maximum atomic E-state index is 11.6. The molecule has 0 amide bonds. The average molecular weight is 272 g/mol. The quantitative estimate of drug-likeness (QED) is 0.759. The fourth-order valence-electron chi connectivity index (χ4n) is 2.22. The maximum Gasteiger partial charge on any atom is 0.307 e. The minimum atomic E-state index is -0.167. The number of carbonyl (C=O) groups excluding carboxylic acids is 1. The molecular formula is C16H20N2O2. The highest BCUT2D eigenvalue weighted by molar-refractivity contribution is 5.69. The molecule has 20 heavy (non-hydrogen) atoms. The van der Waals surface area contributed by atoms with E-state index in [1.165, 1.54) is 5.56 Å². The molecular weight excluding hydrogens is 252 g/mol. The van der Waals surface area contributed by atoms with Gasteiger partial charge in [-0.1, -0.05) is 30.3 Å². The zero-order valence-electron chi connectivity index (χ0n) is 12.0. The molecule has 2 rings (SSSR count). The predicted molar refractivity (Wildman–Crippen MR) is 77.4 cm³/mol. The van der Waals surface area contributed by atoms with Crippen LogP contribution in [0.3, 0.4) is 0 Å². The Bertz CT molecular complexity index is 549. The van der Waals surface area contributed by atoms with E-state index >= 15 is 0 Å². The number of hydrogen-bond acceptors (Lipinski definition) is 3. The van der Waals surface area contributed by atoms with Gasteiger partial charge < -0.3 is 9.30 Å². The number of ether oxygens (including phenoxy) is 1. The van der Waals surface area contributed by atoms with Crippen molar-refractivity contribution in [2.45, 2.75) is 32.7 Å². The normalized spacial score (nSPS) is 12.1. The lowest BCUT2D eigenvalue weighted by Crippen LogP contribution is -2.15. The Morgan fingerprint density at radius 1 is 1.35 bits per heavy atom. The SMILES string of the molecule is CCOC(=O)CC(C)n1ccnc1Cc1ccccc1. The van der Waals surface area contributed by atoms with Crippen molar-refractivity contribution in [3.8, 4) is 0 Å². The van der Waals surface area contributed by atoms with E-state index in [1.807, 2.05) is 42.8 Å². The van der Waals surface area contributed by atoms with Crippen LogP contribution in [-0.4, -0.2) is 22.1 Å². The third-order valence-corrected chi connectivity index (χ3v) is 3.20. The number of rotatable bonds is 6. The van der Waals surface area contributed by atoms with Crippen LogP contribution in [-0.2, 0) is 16.0 Å². The molecule has 106 valence electrons. The molecule has 0 saturated carbocycles. The summed E-state index contributed by atoms with van der Waals surface area (Å²) in [5.41, 5.74) is 1.21. The average Bonchev–Trinajstić information content (AvgIpc) is 2.88. The fourth-order valence-corrected chi connectivity index (χ4v) is 2.22. The minimum Gasteiger partial charge on any atom is -0.466 e. The van der Waals surface area contributed by atoms with Gasteiger partial charge in [-0.05, 0) is 19.4 Å². The molecule has 0 N–H and O–H groups in total. The van der Waals surface area contributed by atoms with Crippen molar-refractivity contribution in [1.29, 1.82) is 0 Å². The Morgan fingerprint density at radius 2 is 2.10 bits per heavy atom. The lowest BCUT2D eigenvalue weighted by molar-refractivity contribution is -0.143. The molecule has 0 saturated heterocycles. The molecule has 4 nitrogen and oxygen atoms in total. The predicted octanol–water partition coefficient (Wildman–Crippen LogP) is 2.99. The summed E-state index contributed by atoms with van der Waals surface area (Å²) in [7, 11) is 0. The molecule has 0 fully saturated rings. The summed E-state index contributed by atoms with van der Waals surface area (Å²) in [4.78, 5) is 16.0. The van der Waals surface area contributed by atoms with E-state index in [9.17, 15) is 4.79 Å². The molecule has 1 aromatic heterocycles. The lowest BCUT2D eigenvalue weighted by atomic mass is 10.1. The van der Waals surface area contributed by atoms with Crippen molar-refractivity contribution in [1.82, 2.24) is 9.55 Å². The van der Waals surface area contributed by atoms with E-state index in [-0.39, 0.29) is 12.0 Å². The number of imidazole rings is 1. The van der Waals surface area contributed by atoms with Gasteiger partial charge in [0.25, 0.3) is 0 Å². The van der Waals surface area contributed by atoms with Gasteiger partial charge in [0.05, 0.1) is 13.0 Å². The summed E-state index contributed by atoms with van der Waals surface area (Å²) in [5.74, 6) is 0.798. The molecule has 0 bridgehead atoms. The summed E-state index contributed by atoms with van der Waals surface area (Å²) in [6.45, 7) is 4.25.